The SMILES string of the molecule is Cc1cc(C)c2nc(N3C(=O)C(=O)/C(=C(/O)c4ccc5c(c4)C[C@H](C)O5)[C@@H]3c3ccc(OCc4ccccc4)cc3)sc2c1. The third-order valence-electron chi connectivity index (χ3n) is 8.08. The number of benzene rings is 4. The number of ether oxygens (including phenoxy) is 2. The van der Waals surface area contributed by atoms with Crippen LogP contribution in [0.1, 0.15) is 46.3 Å². The minimum Gasteiger partial charge on any atom is -0.507 e. The number of aliphatic hydroxyl groups excluding tert-OH is 1. The van der Waals surface area contributed by atoms with Crippen LogP contribution >= 0.6 is 11.3 Å². The van der Waals surface area contributed by atoms with Gasteiger partial charge in [-0.2, -0.15) is 0 Å². The van der Waals surface area contributed by atoms with Gasteiger partial charge in [-0.3, -0.25) is 14.5 Å². The van der Waals surface area contributed by atoms with Crippen molar-refractivity contribution in [3.63, 3.8) is 0 Å². The summed E-state index contributed by atoms with van der Waals surface area (Å²) in [6.45, 7) is 6.39. The highest BCUT2D eigenvalue weighted by atomic mass is 32.1. The van der Waals surface area contributed by atoms with Crippen molar-refractivity contribution in [2.45, 2.75) is 45.9 Å². The first-order chi connectivity index (χ1) is 21.3. The quantitative estimate of drug-likeness (QED) is 0.123. The van der Waals surface area contributed by atoms with E-state index in [0.717, 1.165) is 38.2 Å². The average molecular weight is 603 g/mol. The fourth-order valence-electron chi connectivity index (χ4n) is 6.02. The molecule has 7 nitrogen and oxygen atoms in total. The number of carbonyl (C=O) groups is 2. The maximum Gasteiger partial charge on any atom is 0.301 e. The molecule has 7 rings (SSSR count). The molecule has 0 bridgehead atoms. The summed E-state index contributed by atoms with van der Waals surface area (Å²) in [5.41, 5.74) is 5.99. The van der Waals surface area contributed by atoms with Crippen LogP contribution in [0.15, 0.2) is 90.5 Å². The molecule has 1 fully saturated rings. The number of aliphatic hydroxyl groups is 1. The topological polar surface area (TPSA) is 89.0 Å². The normalized spacial score (nSPS) is 18.9. The van der Waals surface area contributed by atoms with E-state index in [0.29, 0.717) is 35.0 Å². The van der Waals surface area contributed by atoms with Crippen molar-refractivity contribution < 1.29 is 24.2 Å². The van der Waals surface area contributed by atoms with Gasteiger partial charge >= 0.3 is 5.91 Å². The van der Waals surface area contributed by atoms with Gasteiger partial charge in [-0.25, -0.2) is 4.98 Å². The van der Waals surface area contributed by atoms with E-state index in [1.807, 2.05) is 93.6 Å². The van der Waals surface area contributed by atoms with Gasteiger partial charge in [0.15, 0.2) is 5.13 Å². The number of rotatable bonds is 6. The van der Waals surface area contributed by atoms with Gasteiger partial charge < -0.3 is 14.6 Å². The van der Waals surface area contributed by atoms with E-state index in [1.165, 1.54) is 16.2 Å². The first-order valence-electron chi connectivity index (χ1n) is 14.5. The Kier molecular flexibility index (Phi) is 6.94. The number of amides is 1. The summed E-state index contributed by atoms with van der Waals surface area (Å²) in [4.78, 5) is 33.8. The molecule has 0 spiro atoms. The first kappa shape index (κ1) is 27.9. The fraction of sp³-hybridized carbons (Fsp3) is 0.194. The summed E-state index contributed by atoms with van der Waals surface area (Å²) >= 11 is 1.36. The van der Waals surface area contributed by atoms with E-state index in [1.54, 1.807) is 12.1 Å². The third kappa shape index (κ3) is 4.91. The summed E-state index contributed by atoms with van der Waals surface area (Å²) in [5, 5.41) is 12.1. The highest BCUT2D eigenvalue weighted by molar-refractivity contribution is 7.22. The molecule has 2 aliphatic rings. The fourth-order valence-corrected chi connectivity index (χ4v) is 7.19. The molecule has 0 aliphatic carbocycles. The molecule has 1 N–H and O–H groups in total. The van der Waals surface area contributed by atoms with Crippen molar-refractivity contribution in [1.29, 1.82) is 0 Å². The maximum absolute atomic E-state index is 13.8. The number of fused-ring (bicyclic) bond motifs is 2. The lowest BCUT2D eigenvalue weighted by Crippen LogP contribution is -2.29. The standard InChI is InChI=1S/C36H30N2O5S/c1-20-15-21(2)31-29(16-20)44-36(37-31)38-32(24-9-12-27(13-10-24)42-19-23-7-5-4-6-8-23)30(34(40)35(38)41)33(39)25-11-14-28-26(18-25)17-22(3)43-28/h4-16,18,22,32,39H,17,19H2,1-3H3/b33-30+/t22-,32-/m0/s1. The second-order valence-electron chi connectivity index (χ2n) is 11.4. The van der Waals surface area contributed by atoms with Gasteiger partial charge in [0.1, 0.15) is 30.0 Å². The molecule has 1 saturated heterocycles. The number of Topliss-reactive ketones (excluding diaryl/α,β-unsaturated/α-hetero) is 1. The molecule has 220 valence electrons. The van der Waals surface area contributed by atoms with Gasteiger partial charge in [-0.15, -0.1) is 0 Å². The maximum atomic E-state index is 13.8. The number of thiazole rings is 1. The lowest BCUT2D eigenvalue weighted by molar-refractivity contribution is -0.132. The van der Waals surface area contributed by atoms with Crippen molar-refractivity contribution in [3.8, 4) is 11.5 Å². The Labute approximate surface area is 259 Å². The van der Waals surface area contributed by atoms with Crippen LogP contribution < -0.4 is 14.4 Å². The molecule has 0 unspecified atom stereocenters. The smallest absolute Gasteiger partial charge is 0.301 e. The summed E-state index contributed by atoms with van der Waals surface area (Å²) < 4.78 is 12.7. The van der Waals surface area contributed by atoms with Gasteiger partial charge in [-0.1, -0.05) is 59.9 Å². The molecule has 2 aliphatic heterocycles. The number of nitrogens with zero attached hydrogens (tertiary/aromatic N) is 2. The Bertz CT molecular complexity index is 1960. The van der Waals surface area contributed by atoms with Crippen LogP contribution in [0.2, 0.25) is 0 Å². The van der Waals surface area contributed by atoms with Crippen LogP contribution in [0.5, 0.6) is 11.5 Å². The van der Waals surface area contributed by atoms with Crippen molar-refractivity contribution in [1.82, 2.24) is 4.98 Å². The molecule has 0 saturated carbocycles. The molecular formula is C36H30N2O5S. The highest BCUT2D eigenvalue weighted by Gasteiger charge is 2.48. The second kappa shape index (κ2) is 11.0. The number of hydrogen-bond donors (Lipinski definition) is 1. The molecule has 44 heavy (non-hydrogen) atoms. The van der Waals surface area contributed by atoms with Crippen LogP contribution in [0, 0.1) is 13.8 Å². The zero-order chi connectivity index (χ0) is 30.5. The lowest BCUT2D eigenvalue weighted by Gasteiger charge is -2.23. The summed E-state index contributed by atoms with van der Waals surface area (Å²) in [5.74, 6) is -0.303. The molecule has 2 atom stereocenters. The van der Waals surface area contributed by atoms with Gasteiger partial charge in [0, 0.05) is 12.0 Å². The van der Waals surface area contributed by atoms with Crippen LogP contribution in [-0.2, 0) is 22.6 Å². The average Bonchev–Trinajstić information content (AvgIpc) is 3.69. The van der Waals surface area contributed by atoms with E-state index < -0.39 is 17.7 Å². The zero-order valence-corrected chi connectivity index (χ0v) is 25.4. The van der Waals surface area contributed by atoms with E-state index in [2.05, 4.69) is 0 Å². The number of carbonyl (C=O) groups excluding carboxylic acids is 2. The van der Waals surface area contributed by atoms with Crippen LogP contribution in [0.25, 0.3) is 16.0 Å². The molecule has 0 radical (unpaired) electrons. The molecule has 8 heteroatoms. The molecule has 4 aromatic carbocycles. The Balaban J connectivity index is 1.32. The van der Waals surface area contributed by atoms with Crippen molar-refractivity contribution in [3.05, 3.63) is 124 Å². The van der Waals surface area contributed by atoms with Crippen molar-refractivity contribution >= 4 is 44.1 Å². The van der Waals surface area contributed by atoms with Crippen LogP contribution in [-0.4, -0.2) is 27.9 Å². The van der Waals surface area contributed by atoms with Crippen LogP contribution in [0.3, 0.4) is 0 Å². The predicted octanol–water partition coefficient (Wildman–Crippen LogP) is 7.44. The summed E-state index contributed by atoms with van der Waals surface area (Å²) in [6, 6.07) is 25.7. The van der Waals surface area contributed by atoms with E-state index in [-0.39, 0.29) is 17.4 Å². The second-order valence-corrected chi connectivity index (χ2v) is 12.4. The molecular weight excluding hydrogens is 572 g/mol. The molecule has 3 heterocycles. The van der Waals surface area contributed by atoms with Crippen LogP contribution in [0.4, 0.5) is 5.13 Å². The Morgan fingerprint density at radius 3 is 2.57 bits per heavy atom. The summed E-state index contributed by atoms with van der Waals surface area (Å²) in [6.07, 6.45) is 0.727. The Morgan fingerprint density at radius 2 is 1.80 bits per heavy atom. The number of ketones is 1. The van der Waals surface area contributed by atoms with Gasteiger partial charge in [-0.05, 0) is 85.0 Å². The highest BCUT2D eigenvalue weighted by Crippen LogP contribution is 2.45. The number of hydrogen-bond acceptors (Lipinski definition) is 7. The van der Waals surface area contributed by atoms with Gasteiger partial charge in [0.2, 0.25) is 0 Å². The number of anilines is 1. The number of aryl methyl sites for hydroxylation is 2. The molecule has 5 aromatic rings. The van der Waals surface area contributed by atoms with E-state index in [9.17, 15) is 14.7 Å². The minimum absolute atomic E-state index is 0.0204. The zero-order valence-electron chi connectivity index (χ0n) is 24.5. The van der Waals surface area contributed by atoms with E-state index >= 15 is 0 Å². The minimum atomic E-state index is -0.886. The van der Waals surface area contributed by atoms with E-state index in [4.69, 9.17) is 14.5 Å². The van der Waals surface area contributed by atoms with Gasteiger partial charge in [0.25, 0.3) is 5.78 Å². The monoisotopic (exact) mass is 602 g/mol. The largest absolute Gasteiger partial charge is 0.507 e. The predicted molar refractivity (Wildman–Crippen MR) is 171 cm³/mol. The lowest BCUT2D eigenvalue weighted by atomic mass is 9.94. The molecule has 1 aromatic heterocycles. The Morgan fingerprint density at radius 1 is 1.02 bits per heavy atom. The number of aromatic nitrogens is 1. The third-order valence-corrected chi connectivity index (χ3v) is 9.08. The van der Waals surface area contributed by atoms with Gasteiger partial charge in [0.05, 0.1) is 21.8 Å². The van der Waals surface area contributed by atoms with Crippen molar-refractivity contribution in [2.24, 2.45) is 0 Å². The van der Waals surface area contributed by atoms with Crippen molar-refractivity contribution in [2.75, 3.05) is 4.90 Å². The first-order valence-corrected chi connectivity index (χ1v) is 15.3. The molecule has 1 amide bonds. The summed E-state index contributed by atoms with van der Waals surface area (Å²) in [7, 11) is 0. The Hall–Kier alpha value is -4.95.